The van der Waals surface area contributed by atoms with Crippen molar-refractivity contribution in [3.05, 3.63) is 29.3 Å². The second-order valence-electron chi connectivity index (χ2n) is 4.21. The van der Waals surface area contributed by atoms with E-state index in [0.717, 1.165) is 6.07 Å². The van der Waals surface area contributed by atoms with Gasteiger partial charge in [-0.2, -0.15) is 13.2 Å². The summed E-state index contributed by atoms with van der Waals surface area (Å²) >= 11 is 0. The number of nitrogen functional groups attached to an aromatic ring is 1. The number of benzene rings is 1. The first-order chi connectivity index (χ1) is 9.70. The van der Waals surface area contributed by atoms with Gasteiger partial charge in [-0.25, -0.2) is 0 Å². The van der Waals surface area contributed by atoms with Crippen LogP contribution in [0.15, 0.2) is 18.2 Å². The van der Waals surface area contributed by atoms with Crippen LogP contribution in [0.5, 0.6) is 0 Å². The molecule has 21 heavy (non-hydrogen) atoms. The maximum atomic E-state index is 12.8. The second-order valence-corrected chi connectivity index (χ2v) is 4.21. The van der Waals surface area contributed by atoms with Crippen LogP contribution >= 0.6 is 0 Å². The summed E-state index contributed by atoms with van der Waals surface area (Å²) in [5.74, 6) is 3.76. The van der Waals surface area contributed by atoms with Gasteiger partial charge in [0.15, 0.2) is 0 Å². The number of carbonyl (C=O) groups excluding carboxylic acids is 2. The molecule has 0 spiro atoms. The van der Waals surface area contributed by atoms with Gasteiger partial charge in [0, 0.05) is 12.6 Å². The number of likely N-dealkylation sites (N-methyl/N-ethyl adjacent to an activating group) is 1. The maximum Gasteiger partial charge on any atom is 0.418 e. The highest BCUT2D eigenvalue weighted by Gasteiger charge is 2.34. The van der Waals surface area contributed by atoms with Crippen molar-refractivity contribution in [1.82, 2.24) is 10.6 Å². The zero-order valence-corrected chi connectivity index (χ0v) is 11.3. The fraction of sp³-hybridized carbons (Fsp3) is 0.333. The molecule has 9 heteroatoms. The van der Waals surface area contributed by atoms with Crippen LogP contribution in [0.3, 0.4) is 0 Å². The number of hydrogen-bond acceptors (Lipinski definition) is 4. The van der Waals surface area contributed by atoms with Crippen LogP contribution in [0.4, 0.5) is 18.9 Å². The molecule has 116 valence electrons. The molecule has 1 unspecified atom stereocenters. The van der Waals surface area contributed by atoms with Crippen LogP contribution in [-0.2, 0) is 11.0 Å². The number of anilines is 1. The van der Waals surface area contributed by atoms with Crippen LogP contribution in [-0.4, -0.2) is 24.9 Å². The topological polar surface area (TPSA) is 96.2 Å². The Labute approximate surface area is 118 Å². The van der Waals surface area contributed by atoms with Crippen LogP contribution < -0.4 is 21.9 Å². The molecule has 2 amide bonds. The Bertz CT molecular complexity index is 546. The molecule has 0 fully saturated rings. The number of amides is 2. The van der Waals surface area contributed by atoms with Crippen LogP contribution in [0, 0.1) is 0 Å². The highest BCUT2D eigenvalue weighted by molar-refractivity contribution is 5.97. The van der Waals surface area contributed by atoms with Gasteiger partial charge in [-0.1, -0.05) is 0 Å². The quantitative estimate of drug-likeness (QED) is 0.490. The molecule has 0 saturated carbocycles. The van der Waals surface area contributed by atoms with Gasteiger partial charge in [-0.3, -0.25) is 15.4 Å². The van der Waals surface area contributed by atoms with Gasteiger partial charge in [-0.05, 0) is 25.1 Å². The normalized spacial score (nSPS) is 12.5. The van der Waals surface area contributed by atoms with Crippen LogP contribution in [0.1, 0.15) is 22.8 Å². The molecule has 5 N–H and O–H groups in total. The lowest BCUT2D eigenvalue weighted by Crippen LogP contribution is -2.43. The predicted molar refractivity (Wildman–Crippen MR) is 70.2 cm³/mol. The zero-order chi connectivity index (χ0) is 16.2. The largest absolute Gasteiger partial charge is 0.418 e. The van der Waals surface area contributed by atoms with E-state index in [1.165, 1.54) is 20.0 Å². The number of hydrazine groups is 1. The minimum atomic E-state index is -4.66. The van der Waals surface area contributed by atoms with Crippen molar-refractivity contribution in [2.45, 2.75) is 19.1 Å². The number of nitrogens with one attached hydrogen (secondary N) is 3. The predicted octanol–water partition coefficient (Wildman–Crippen LogP) is 0.855. The average molecular weight is 304 g/mol. The van der Waals surface area contributed by atoms with E-state index in [2.05, 4.69) is 10.6 Å². The van der Waals surface area contributed by atoms with Crippen molar-refractivity contribution in [2.75, 3.05) is 12.5 Å². The molecule has 0 heterocycles. The lowest BCUT2D eigenvalue weighted by molar-refractivity contribution is -0.137. The molecule has 0 aliphatic rings. The average Bonchev–Trinajstić information content (AvgIpc) is 2.44. The molecule has 1 rings (SSSR count). The van der Waals surface area contributed by atoms with Gasteiger partial charge in [0.2, 0.25) is 5.91 Å². The Morgan fingerprint density at radius 1 is 1.29 bits per heavy atom. The third kappa shape index (κ3) is 4.09. The molecule has 0 aliphatic carbocycles. The van der Waals surface area contributed by atoms with Crippen molar-refractivity contribution >= 4 is 17.5 Å². The van der Waals surface area contributed by atoms with E-state index in [1.54, 1.807) is 0 Å². The van der Waals surface area contributed by atoms with E-state index in [0.29, 0.717) is 6.07 Å². The van der Waals surface area contributed by atoms with Crippen molar-refractivity contribution in [3.63, 3.8) is 0 Å². The summed E-state index contributed by atoms with van der Waals surface area (Å²) in [6.45, 7) is 1.41. The minimum absolute atomic E-state index is 0.225. The van der Waals surface area contributed by atoms with E-state index < -0.39 is 29.6 Å². The van der Waals surface area contributed by atoms with Crippen LogP contribution in [0.25, 0.3) is 0 Å². The summed E-state index contributed by atoms with van der Waals surface area (Å²) in [5, 5.41) is 4.61. The zero-order valence-electron chi connectivity index (χ0n) is 11.3. The van der Waals surface area contributed by atoms with E-state index in [-0.39, 0.29) is 11.3 Å². The molecule has 0 radical (unpaired) electrons. The first-order valence-electron chi connectivity index (χ1n) is 5.91. The lowest BCUT2D eigenvalue weighted by Gasteiger charge is -2.15. The third-order valence-corrected chi connectivity index (χ3v) is 2.73. The lowest BCUT2D eigenvalue weighted by atomic mass is 10.1. The monoisotopic (exact) mass is 304 g/mol. The standard InChI is InChI=1S/C12H15F3N4O2/c1-6(10(20)17-2)18-11(21)7-3-4-9(19-16)8(5-7)12(13,14)15/h3-6,19H,16H2,1-2H3,(H,17,20)(H,18,21). The minimum Gasteiger partial charge on any atom is -0.357 e. The Morgan fingerprint density at radius 2 is 1.90 bits per heavy atom. The molecule has 0 bridgehead atoms. The van der Waals surface area contributed by atoms with Gasteiger partial charge in [0.25, 0.3) is 5.91 Å². The molecule has 1 aromatic carbocycles. The van der Waals surface area contributed by atoms with Gasteiger partial charge >= 0.3 is 6.18 Å². The Morgan fingerprint density at radius 3 is 2.38 bits per heavy atom. The molecular formula is C12H15F3N4O2. The number of alkyl halides is 3. The molecule has 1 atom stereocenters. The van der Waals surface area contributed by atoms with Crippen molar-refractivity contribution in [2.24, 2.45) is 5.84 Å². The summed E-state index contributed by atoms with van der Waals surface area (Å²) < 4.78 is 38.5. The van der Waals surface area contributed by atoms with Gasteiger partial charge < -0.3 is 16.1 Å². The molecule has 0 saturated heterocycles. The van der Waals surface area contributed by atoms with Gasteiger partial charge in [0.05, 0.1) is 11.3 Å². The summed E-state index contributed by atoms with van der Waals surface area (Å²) in [6, 6.07) is 2.02. The summed E-state index contributed by atoms with van der Waals surface area (Å²) in [7, 11) is 1.38. The Balaban J connectivity index is 3.04. The molecule has 0 aromatic heterocycles. The number of nitrogens with two attached hydrogens (primary N) is 1. The van der Waals surface area contributed by atoms with Crippen LogP contribution in [0.2, 0.25) is 0 Å². The smallest absolute Gasteiger partial charge is 0.357 e. The number of halogens is 3. The number of carbonyl (C=O) groups is 2. The molecule has 0 aliphatic heterocycles. The van der Waals surface area contributed by atoms with Gasteiger partial charge in [-0.15, -0.1) is 0 Å². The number of hydrogen-bond donors (Lipinski definition) is 4. The molecule has 6 nitrogen and oxygen atoms in total. The Kier molecular flexibility index (Phi) is 5.14. The van der Waals surface area contributed by atoms with E-state index >= 15 is 0 Å². The summed E-state index contributed by atoms with van der Waals surface area (Å²) in [6.07, 6.45) is -4.66. The third-order valence-electron chi connectivity index (χ3n) is 2.73. The fourth-order valence-corrected chi connectivity index (χ4v) is 1.61. The van der Waals surface area contributed by atoms with E-state index in [9.17, 15) is 22.8 Å². The highest BCUT2D eigenvalue weighted by Crippen LogP contribution is 2.35. The van der Waals surface area contributed by atoms with Crippen molar-refractivity contribution in [3.8, 4) is 0 Å². The highest BCUT2D eigenvalue weighted by atomic mass is 19.4. The van der Waals surface area contributed by atoms with E-state index in [1.807, 2.05) is 5.43 Å². The second kappa shape index (κ2) is 6.44. The van der Waals surface area contributed by atoms with Crippen molar-refractivity contribution < 1.29 is 22.8 Å². The van der Waals surface area contributed by atoms with Crippen molar-refractivity contribution in [1.29, 1.82) is 0 Å². The first kappa shape index (κ1) is 16.8. The molecular weight excluding hydrogens is 289 g/mol. The molecule has 1 aromatic rings. The summed E-state index contributed by atoms with van der Waals surface area (Å²) in [4.78, 5) is 23.1. The number of rotatable bonds is 4. The van der Waals surface area contributed by atoms with E-state index in [4.69, 9.17) is 5.84 Å². The SMILES string of the molecule is CNC(=O)C(C)NC(=O)c1ccc(NN)c(C(F)(F)F)c1. The first-order valence-corrected chi connectivity index (χ1v) is 5.91. The van der Waals surface area contributed by atoms with Gasteiger partial charge in [0.1, 0.15) is 6.04 Å². The fourth-order valence-electron chi connectivity index (χ4n) is 1.61. The Hall–Kier alpha value is -2.29. The maximum absolute atomic E-state index is 12.8. The summed E-state index contributed by atoms with van der Waals surface area (Å²) in [5.41, 5.74) is 0.282.